The summed E-state index contributed by atoms with van der Waals surface area (Å²) in [6.07, 6.45) is 0. The van der Waals surface area contributed by atoms with Crippen LogP contribution in [0.2, 0.25) is 0 Å². The van der Waals surface area contributed by atoms with Crippen molar-refractivity contribution in [2.24, 2.45) is 0 Å². The predicted molar refractivity (Wildman–Crippen MR) is 337 cm³/mol. The molecule has 0 amide bonds. The number of rotatable bonds is 9. The second-order valence-corrected chi connectivity index (χ2v) is 20.8. The van der Waals surface area contributed by atoms with E-state index in [1.807, 2.05) is 140 Å². The highest BCUT2D eigenvalue weighted by molar-refractivity contribution is 6.12. The van der Waals surface area contributed by atoms with Crippen LogP contribution in [-0.4, -0.2) is 9.13 Å². The minimum Gasteiger partial charge on any atom is -0.456 e. The molecule has 8 heteroatoms. The Kier molecular flexibility index (Phi) is 10.7. The van der Waals surface area contributed by atoms with E-state index in [1.54, 1.807) is 0 Å². The maximum atomic E-state index is 14.5. The number of nitrogens with zero attached hydrogens (tertiary/aromatic N) is 4. The number of anilines is 6. The fourth-order valence-electron chi connectivity index (χ4n) is 12.3. The Labute approximate surface area is 469 Å². The molecule has 0 aliphatic rings. The lowest BCUT2D eigenvalue weighted by Gasteiger charge is -2.26. The third kappa shape index (κ3) is 7.54. The minimum absolute atomic E-state index is 0.0706. The minimum atomic E-state index is -0.0950. The molecule has 0 aliphatic carbocycles. The molecule has 16 rings (SSSR count). The fraction of sp³-hybridized carbons (Fsp3) is 0. The van der Waals surface area contributed by atoms with Gasteiger partial charge in [-0.2, -0.15) is 0 Å². The van der Waals surface area contributed by atoms with Crippen molar-refractivity contribution in [2.45, 2.75) is 0 Å². The largest absolute Gasteiger partial charge is 0.456 e. The average molecular weight is 1060 g/mol. The highest BCUT2D eigenvalue weighted by Crippen LogP contribution is 2.41. The Morgan fingerprint density at radius 1 is 0.244 bits per heavy atom. The van der Waals surface area contributed by atoms with E-state index in [9.17, 15) is 9.59 Å². The van der Waals surface area contributed by atoms with Crippen LogP contribution in [0.4, 0.5) is 34.1 Å². The first-order valence-corrected chi connectivity index (χ1v) is 27.4. The van der Waals surface area contributed by atoms with Gasteiger partial charge in [-0.1, -0.05) is 127 Å². The molecule has 0 fully saturated rings. The molecule has 12 aromatic carbocycles. The molecule has 0 unspecified atom stereocenters. The van der Waals surface area contributed by atoms with Crippen LogP contribution in [0.15, 0.2) is 297 Å². The van der Waals surface area contributed by atoms with Gasteiger partial charge in [-0.3, -0.25) is 9.59 Å². The standard InChI is InChI=1S/C74H46N4O4/c79-73-60-37-33-55(75(49-16-4-1-5-17-49)50-18-6-2-7-19-50)45-71(60)81-69-40-35-53(43-63(69)73)76(51-20-8-3-9-21-51)52-31-28-47(29-32-52)48-30-39-68-62(42-48)59-24-12-15-27-67(59)78(68)56-34-38-61-72(46-56)82-70-41-36-54(44-64(70)74(61)80)77-65-25-13-10-22-57(65)58-23-11-14-26-66(58)77/h1-46H. The zero-order valence-corrected chi connectivity index (χ0v) is 44.0. The summed E-state index contributed by atoms with van der Waals surface area (Å²) in [5.74, 6) is 0. The molecule has 4 aromatic heterocycles. The van der Waals surface area contributed by atoms with Crippen LogP contribution in [0, 0.1) is 0 Å². The van der Waals surface area contributed by atoms with Gasteiger partial charge in [0, 0.05) is 79.2 Å². The number of hydrogen-bond acceptors (Lipinski definition) is 6. The lowest BCUT2D eigenvalue weighted by molar-refractivity contribution is 0.659. The maximum Gasteiger partial charge on any atom is 0.200 e. The molecule has 4 heterocycles. The van der Waals surface area contributed by atoms with Gasteiger partial charge in [0.15, 0.2) is 0 Å². The Bertz CT molecular complexity index is 5240. The molecule has 0 saturated heterocycles. The molecular weight excluding hydrogens is 1010 g/mol. The topological polar surface area (TPSA) is 76.8 Å². The monoisotopic (exact) mass is 1050 g/mol. The average Bonchev–Trinajstić information content (AvgIpc) is 4.25. The summed E-state index contributed by atoms with van der Waals surface area (Å²) < 4.78 is 17.7. The first-order chi connectivity index (χ1) is 40.5. The molecule has 0 N–H and O–H groups in total. The molecule has 0 atom stereocenters. The van der Waals surface area contributed by atoms with E-state index in [-0.39, 0.29) is 10.9 Å². The Hall–Kier alpha value is -11.2. The molecule has 8 nitrogen and oxygen atoms in total. The van der Waals surface area contributed by atoms with Crippen molar-refractivity contribution >= 4 is 122 Å². The lowest BCUT2D eigenvalue weighted by atomic mass is 10.0. The molecule has 82 heavy (non-hydrogen) atoms. The first kappa shape index (κ1) is 46.8. The van der Waals surface area contributed by atoms with Crippen LogP contribution >= 0.6 is 0 Å². The summed E-state index contributed by atoms with van der Waals surface area (Å²) in [6, 6.07) is 94.4. The molecule has 0 spiro atoms. The van der Waals surface area contributed by atoms with Gasteiger partial charge in [0.25, 0.3) is 0 Å². The number of benzene rings is 12. The van der Waals surface area contributed by atoms with Crippen molar-refractivity contribution in [3.8, 4) is 22.5 Å². The number of fused-ring (bicyclic) bond motifs is 10. The van der Waals surface area contributed by atoms with Gasteiger partial charge in [0.05, 0.1) is 43.6 Å². The quantitative estimate of drug-likeness (QED) is 0.134. The molecule has 0 bridgehead atoms. The molecule has 0 aliphatic heterocycles. The first-order valence-electron chi connectivity index (χ1n) is 27.4. The van der Waals surface area contributed by atoms with Gasteiger partial charge >= 0.3 is 0 Å². The Balaban J connectivity index is 0.735. The number of hydrogen-bond donors (Lipinski definition) is 0. The molecule has 0 saturated carbocycles. The van der Waals surface area contributed by atoms with E-state index in [1.165, 1.54) is 0 Å². The zero-order chi connectivity index (χ0) is 54.4. The van der Waals surface area contributed by atoms with Crippen molar-refractivity contribution in [3.63, 3.8) is 0 Å². The highest BCUT2D eigenvalue weighted by atomic mass is 16.3. The zero-order valence-electron chi connectivity index (χ0n) is 44.0. The third-order valence-electron chi connectivity index (χ3n) is 16.1. The Morgan fingerprint density at radius 3 is 1.21 bits per heavy atom. The van der Waals surface area contributed by atoms with Crippen molar-refractivity contribution < 1.29 is 8.83 Å². The van der Waals surface area contributed by atoms with Crippen LogP contribution in [0.5, 0.6) is 0 Å². The van der Waals surface area contributed by atoms with E-state index < -0.39 is 0 Å². The van der Waals surface area contributed by atoms with E-state index in [4.69, 9.17) is 8.83 Å². The van der Waals surface area contributed by atoms with Crippen molar-refractivity contribution in [2.75, 3.05) is 9.80 Å². The van der Waals surface area contributed by atoms with Crippen LogP contribution in [0.3, 0.4) is 0 Å². The highest BCUT2D eigenvalue weighted by Gasteiger charge is 2.21. The maximum absolute atomic E-state index is 14.5. The SMILES string of the molecule is O=c1c2ccc(N(c3ccccc3)c3ccccc3)cc2oc2ccc(N(c3ccccc3)c3ccc(-c4ccc5c(c4)c4ccccc4n5-c4ccc5c(=O)c6cc(-n7c8ccccc8c8ccccc87)ccc6oc5c4)cc3)cc12. The number of aromatic nitrogens is 2. The van der Waals surface area contributed by atoms with Gasteiger partial charge in [0.2, 0.25) is 10.9 Å². The van der Waals surface area contributed by atoms with Crippen molar-refractivity contribution in [3.05, 3.63) is 299 Å². The Morgan fingerprint density at radius 2 is 0.634 bits per heavy atom. The van der Waals surface area contributed by atoms with Gasteiger partial charge < -0.3 is 27.8 Å². The van der Waals surface area contributed by atoms with E-state index in [2.05, 4.69) is 158 Å². The molecular formula is C74H46N4O4. The second kappa shape index (κ2) is 18.7. The normalized spacial score (nSPS) is 11.8. The van der Waals surface area contributed by atoms with Crippen molar-refractivity contribution in [1.29, 1.82) is 0 Å². The summed E-state index contributed by atoms with van der Waals surface area (Å²) in [5, 5.41) is 6.60. The molecule has 16 aromatic rings. The summed E-state index contributed by atoms with van der Waals surface area (Å²) in [6.45, 7) is 0. The summed E-state index contributed by atoms with van der Waals surface area (Å²) >= 11 is 0. The van der Waals surface area contributed by atoms with E-state index in [0.717, 1.165) is 100 Å². The van der Waals surface area contributed by atoms with Crippen LogP contribution in [0.1, 0.15) is 0 Å². The van der Waals surface area contributed by atoms with E-state index >= 15 is 0 Å². The van der Waals surface area contributed by atoms with Crippen LogP contribution in [-0.2, 0) is 0 Å². The number of para-hydroxylation sites is 6. The van der Waals surface area contributed by atoms with Gasteiger partial charge in [-0.25, -0.2) is 0 Å². The van der Waals surface area contributed by atoms with Gasteiger partial charge in [0.1, 0.15) is 22.3 Å². The van der Waals surface area contributed by atoms with Gasteiger partial charge in [-0.15, -0.1) is 0 Å². The fourth-order valence-corrected chi connectivity index (χ4v) is 12.3. The third-order valence-corrected chi connectivity index (χ3v) is 16.1. The van der Waals surface area contributed by atoms with Crippen LogP contribution in [0.25, 0.3) is 110 Å². The van der Waals surface area contributed by atoms with Crippen LogP contribution < -0.4 is 20.7 Å². The predicted octanol–water partition coefficient (Wildman–Crippen LogP) is 19.0. The molecule has 0 radical (unpaired) electrons. The molecule has 386 valence electrons. The van der Waals surface area contributed by atoms with Crippen molar-refractivity contribution in [1.82, 2.24) is 9.13 Å². The summed E-state index contributed by atoms with van der Waals surface area (Å²) in [7, 11) is 0. The summed E-state index contributed by atoms with van der Waals surface area (Å²) in [4.78, 5) is 33.3. The summed E-state index contributed by atoms with van der Waals surface area (Å²) in [5.41, 5.74) is 15.7. The second-order valence-electron chi connectivity index (χ2n) is 20.8. The van der Waals surface area contributed by atoms with E-state index in [0.29, 0.717) is 43.9 Å². The lowest BCUT2D eigenvalue weighted by Crippen LogP contribution is -2.11. The smallest absolute Gasteiger partial charge is 0.200 e. The van der Waals surface area contributed by atoms with Gasteiger partial charge in [-0.05, 0) is 151 Å².